The zero-order valence-electron chi connectivity index (χ0n) is 4.32. The van der Waals surface area contributed by atoms with Crippen molar-refractivity contribution in [1.82, 2.24) is 3.53 Å². The first-order valence-corrected chi connectivity index (χ1v) is 3.34. The molecule has 3 heteroatoms. The summed E-state index contributed by atoms with van der Waals surface area (Å²) in [5.41, 5.74) is 0. The van der Waals surface area contributed by atoms with Crippen LogP contribution in [0.4, 0.5) is 0 Å². The number of hydrogen-bond acceptors (Lipinski definition) is 1. The first kappa shape index (κ1) is 7.20. The van der Waals surface area contributed by atoms with Crippen molar-refractivity contribution in [3.05, 3.63) is 0 Å². The summed E-state index contributed by atoms with van der Waals surface area (Å²) in [5, 5.41) is 0. The number of nitrogens with zero attached hydrogens (tertiary/aromatic N) is 1. The molecule has 1 N–H and O–H groups in total. The fraction of sp³-hybridized carbons (Fsp3) is 0.750. The van der Waals surface area contributed by atoms with Gasteiger partial charge >= 0.3 is 0 Å². The standard InChI is InChI=1S/C4H9IN2/c1-2-3-6-4-7-5/h4H,2-3H2,1H3,(H,6,7). The van der Waals surface area contributed by atoms with Crippen molar-refractivity contribution in [3.8, 4) is 0 Å². The van der Waals surface area contributed by atoms with Gasteiger partial charge in [-0.05, 0) is 6.42 Å². The van der Waals surface area contributed by atoms with Gasteiger partial charge in [0.15, 0.2) is 0 Å². The SMILES string of the molecule is CCCN=CNI. The minimum atomic E-state index is 0.927. The fourth-order valence-electron chi connectivity index (χ4n) is 0.228. The van der Waals surface area contributed by atoms with Crippen molar-refractivity contribution < 1.29 is 0 Å². The van der Waals surface area contributed by atoms with Crippen LogP contribution in [0.2, 0.25) is 0 Å². The van der Waals surface area contributed by atoms with Crippen LogP contribution in [0, 0.1) is 0 Å². The highest BCUT2D eigenvalue weighted by molar-refractivity contribution is 14.1. The maximum atomic E-state index is 3.96. The van der Waals surface area contributed by atoms with E-state index in [2.05, 4.69) is 15.4 Å². The van der Waals surface area contributed by atoms with E-state index in [0.717, 1.165) is 13.0 Å². The zero-order chi connectivity index (χ0) is 5.54. The topological polar surface area (TPSA) is 24.4 Å². The molecule has 0 atom stereocenters. The van der Waals surface area contributed by atoms with Gasteiger partial charge in [0.25, 0.3) is 0 Å². The Bertz CT molecular complexity index is 53.7. The van der Waals surface area contributed by atoms with Gasteiger partial charge in [-0.3, -0.25) is 4.99 Å². The predicted molar refractivity (Wildman–Crippen MR) is 40.8 cm³/mol. The van der Waals surface area contributed by atoms with E-state index in [-0.39, 0.29) is 0 Å². The molecule has 0 aromatic carbocycles. The first-order chi connectivity index (χ1) is 3.41. The van der Waals surface area contributed by atoms with E-state index in [0.29, 0.717) is 0 Å². The van der Waals surface area contributed by atoms with E-state index in [1.54, 1.807) is 6.34 Å². The number of nitrogens with one attached hydrogen (secondary N) is 1. The van der Waals surface area contributed by atoms with Gasteiger partial charge in [-0.15, -0.1) is 0 Å². The average Bonchev–Trinajstić information content (AvgIpc) is 1.69. The van der Waals surface area contributed by atoms with Crippen LogP contribution in [0.1, 0.15) is 13.3 Å². The fourth-order valence-corrected chi connectivity index (χ4v) is 0.425. The minimum Gasteiger partial charge on any atom is -0.320 e. The van der Waals surface area contributed by atoms with Crippen LogP contribution in [0.3, 0.4) is 0 Å². The lowest BCUT2D eigenvalue weighted by molar-refractivity contribution is 0.934. The summed E-state index contributed by atoms with van der Waals surface area (Å²) in [6, 6.07) is 0. The van der Waals surface area contributed by atoms with Gasteiger partial charge in [0.2, 0.25) is 0 Å². The van der Waals surface area contributed by atoms with Crippen molar-refractivity contribution in [2.45, 2.75) is 13.3 Å². The lowest BCUT2D eigenvalue weighted by atomic mass is 10.5. The van der Waals surface area contributed by atoms with Crippen molar-refractivity contribution in [3.63, 3.8) is 0 Å². The highest BCUT2D eigenvalue weighted by Crippen LogP contribution is 1.73. The van der Waals surface area contributed by atoms with Gasteiger partial charge in [0, 0.05) is 6.54 Å². The number of aliphatic imine (C=N–C) groups is 1. The lowest BCUT2D eigenvalue weighted by Gasteiger charge is -1.82. The Morgan fingerprint density at radius 3 is 3.00 bits per heavy atom. The van der Waals surface area contributed by atoms with Gasteiger partial charge in [-0.25, -0.2) is 0 Å². The second kappa shape index (κ2) is 6.20. The third-order valence-electron chi connectivity index (χ3n) is 0.493. The maximum Gasteiger partial charge on any atom is 0.0910 e. The number of rotatable bonds is 3. The molecule has 0 heterocycles. The van der Waals surface area contributed by atoms with Crippen LogP contribution in [-0.2, 0) is 0 Å². The van der Waals surface area contributed by atoms with Crippen molar-refractivity contribution in [1.29, 1.82) is 0 Å². The summed E-state index contributed by atoms with van der Waals surface area (Å²) >= 11 is 2.03. The Hall–Kier alpha value is 0.200. The van der Waals surface area contributed by atoms with Crippen molar-refractivity contribution in [2.75, 3.05) is 6.54 Å². The average molecular weight is 212 g/mol. The molecule has 0 fully saturated rings. The molecule has 0 aliphatic rings. The minimum absolute atomic E-state index is 0.927. The summed E-state index contributed by atoms with van der Waals surface area (Å²) in [6.07, 6.45) is 2.82. The Morgan fingerprint density at radius 1 is 1.86 bits per heavy atom. The maximum absolute atomic E-state index is 3.96. The third-order valence-corrected chi connectivity index (χ3v) is 0.771. The summed E-state index contributed by atoms with van der Waals surface area (Å²) in [4.78, 5) is 3.96. The Morgan fingerprint density at radius 2 is 2.57 bits per heavy atom. The Balaban J connectivity index is 2.78. The molecule has 0 radical (unpaired) electrons. The smallest absolute Gasteiger partial charge is 0.0910 e. The summed E-state index contributed by atoms with van der Waals surface area (Å²) in [7, 11) is 0. The van der Waals surface area contributed by atoms with Gasteiger partial charge in [-0.2, -0.15) is 0 Å². The normalized spacial score (nSPS) is 10.0. The monoisotopic (exact) mass is 212 g/mol. The molecule has 0 aliphatic heterocycles. The molecule has 0 bridgehead atoms. The van der Waals surface area contributed by atoms with E-state index in [4.69, 9.17) is 0 Å². The molecule has 0 amide bonds. The number of hydrogen-bond donors (Lipinski definition) is 1. The molecular formula is C4H9IN2. The van der Waals surface area contributed by atoms with Crippen molar-refractivity contribution >= 4 is 29.2 Å². The summed E-state index contributed by atoms with van der Waals surface area (Å²) in [5.74, 6) is 0. The molecule has 2 nitrogen and oxygen atoms in total. The molecule has 0 saturated heterocycles. The number of halogens is 1. The summed E-state index contributed by atoms with van der Waals surface area (Å²) in [6.45, 7) is 3.03. The molecule has 7 heavy (non-hydrogen) atoms. The molecule has 0 saturated carbocycles. The van der Waals surface area contributed by atoms with E-state index in [1.807, 2.05) is 22.9 Å². The van der Waals surface area contributed by atoms with E-state index in [9.17, 15) is 0 Å². The second-order valence-corrected chi connectivity index (χ2v) is 1.77. The van der Waals surface area contributed by atoms with Gasteiger partial charge in [0.05, 0.1) is 29.2 Å². The van der Waals surface area contributed by atoms with Crippen LogP contribution >= 0.6 is 22.9 Å². The summed E-state index contributed by atoms with van der Waals surface area (Å²) < 4.78 is 2.78. The van der Waals surface area contributed by atoms with Crippen LogP contribution in [-0.4, -0.2) is 12.9 Å². The quantitative estimate of drug-likeness (QED) is 0.325. The van der Waals surface area contributed by atoms with Crippen LogP contribution in [0.25, 0.3) is 0 Å². The zero-order valence-corrected chi connectivity index (χ0v) is 6.47. The van der Waals surface area contributed by atoms with Gasteiger partial charge < -0.3 is 3.53 Å². The van der Waals surface area contributed by atoms with Crippen LogP contribution in [0.15, 0.2) is 4.99 Å². The largest absolute Gasteiger partial charge is 0.320 e. The third kappa shape index (κ3) is 6.20. The molecule has 0 aromatic rings. The highest BCUT2D eigenvalue weighted by atomic mass is 127. The Labute approximate surface area is 57.9 Å². The molecule has 0 rings (SSSR count). The first-order valence-electron chi connectivity index (χ1n) is 2.26. The van der Waals surface area contributed by atoms with E-state index in [1.165, 1.54) is 0 Å². The van der Waals surface area contributed by atoms with E-state index < -0.39 is 0 Å². The molecule has 42 valence electrons. The van der Waals surface area contributed by atoms with Gasteiger partial charge in [0.1, 0.15) is 0 Å². The predicted octanol–water partition coefficient (Wildman–Crippen LogP) is 1.36. The highest BCUT2D eigenvalue weighted by Gasteiger charge is 1.67. The molecule has 0 aromatic heterocycles. The van der Waals surface area contributed by atoms with Crippen LogP contribution < -0.4 is 3.53 Å². The lowest BCUT2D eigenvalue weighted by Crippen LogP contribution is -1.91. The van der Waals surface area contributed by atoms with Gasteiger partial charge in [-0.1, -0.05) is 6.92 Å². The Kier molecular flexibility index (Phi) is 6.38. The molecule has 0 aliphatic carbocycles. The van der Waals surface area contributed by atoms with Crippen molar-refractivity contribution in [2.24, 2.45) is 4.99 Å². The molecule has 0 spiro atoms. The molecular weight excluding hydrogens is 203 g/mol. The van der Waals surface area contributed by atoms with Crippen LogP contribution in [0.5, 0.6) is 0 Å². The van der Waals surface area contributed by atoms with E-state index >= 15 is 0 Å². The molecule has 0 unspecified atom stereocenters. The second-order valence-electron chi connectivity index (χ2n) is 1.14.